The molecule has 0 spiro atoms. The van der Waals surface area contributed by atoms with Gasteiger partial charge in [-0.1, -0.05) is 67.0 Å². The van der Waals surface area contributed by atoms with Gasteiger partial charge in [0.05, 0.1) is 18.1 Å². The van der Waals surface area contributed by atoms with Crippen LogP contribution in [0.1, 0.15) is 120 Å². The van der Waals surface area contributed by atoms with Gasteiger partial charge in [0.25, 0.3) is 0 Å². The number of amides is 1. The average molecular weight is 607 g/mol. The molecule has 4 saturated carbocycles. The van der Waals surface area contributed by atoms with Gasteiger partial charge in [-0.05, 0) is 117 Å². The van der Waals surface area contributed by atoms with Crippen molar-refractivity contribution < 1.29 is 15.0 Å². The Balaban J connectivity index is 0.00000405. The molecule has 5 aliphatic rings. The van der Waals surface area contributed by atoms with Gasteiger partial charge in [-0.25, -0.2) is 0 Å². The fourth-order valence-corrected chi connectivity index (χ4v) is 11.7. The van der Waals surface area contributed by atoms with Gasteiger partial charge in [0.1, 0.15) is 0 Å². The Kier molecular flexibility index (Phi) is 9.49. The minimum Gasteiger partial charge on any atom is -0.396 e. The van der Waals surface area contributed by atoms with E-state index in [2.05, 4.69) is 71.7 Å². The van der Waals surface area contributed by atoms with E-state index in [1.165, 1.54) is 0 Å². The molecule has 4 fully saturated rings. The van der Waals surface area contributed by atoms with Crippen LogP contribution in [-0.2, 0) is 4.79 Å². The maximum Gasteiger partial charge on any atom is 0.226 e. The Bertz CT molecular complexity index is 1040. The normalized spacial score (nSPS) is 45.8. The molecule has 0 heterocycles. The van der Waals surface area contributed by atoms with Gasteiger partial charge in [0.15, 0.2) is 0 Å². The van der Waals surface area contributed by atoms with Crippen LogP contribution in [0.5, 0.6) is 0 Å². The van der Waals surface area contributed by atoms with Crippen molar-refractivity contribution in [2.24, 2.45) is 50.2 Å². The second-order valence-electron chi connectivity index (χ2n) is 16.9. The first-order valence-corrected chi connectivity index (χ1v) is 17.2. The number of hydrogen-bond acceptors (Lipinski definition) is 4. The van der Waals surface area contributed by atoms with Gasteiger partial charge >= 0.3 is 0 Å². The molecule has 0 saturated heterocycles. The third kappa shape index (κ3) is 4.85. The minimum atomic E-state index is -0.419. The Morgan fingerprint density at radius 1 is 0.952 bits per heavy atom. The number of halogens is 1. The summed E-state index contributed by atoms with van der Waals surface area (Å²) in [7, 11) is 0. The van der Waals surface area contributed by atoms with E-state index in [-0.39, 0.29) is 46.1 Å². The van der Waals surface area contributed by atoms with Crippen molar-refractivity contribution in [3.8, 4) is 0 Å². The maximum absolute atomic E-state index is 14.2. The number of aliphatic hydroxyl groups is 2. The molecule has 3 N–H and O–H groups in total. The highest BCUT2D eigenvalue weighted by Gasteiger charge is 2.69. The van der Waals surface area contributed by atoms with Crippen LogP contribution in [0.4, 0.5) is 0 Å². The molecule has 5 rings (SSSR count). The fourth-order valence-electron chi connectivity index (χ4n) is 11.7. The quantitative estimate of drug-likeness (QED) is 0.273. The topological polar surface area (TPSA) is 72.8 Å². The summed E-state index contributed by atoms with van der Waals surface area (Å²) in [6.07, 6.45) is 12.7. The predicted octanol–water partition coefficient (Wildman–Crippen LogP) is 7.00. The standard InChI is InChI=1S/C36H62N2O3.ClH/c1-9-38(10-2)22-21-37-30(41)36-19-17-31(3,4)23-26(36)25-11-12-28-32(5)15-14-29(40)33(6,24-39)27(32)13-16-35(28,8)34(25,7)18-20-36;/h11,26-29,39-40H,9-10,12-24H2,1-8H3,(H,37,41);1H/t26-,27?,28-,29+,32+,33+,34-,35-,36+;/m1./s1. The molecule has 42 heavy (non-hydrogen) atoms. The molecule has 1 unspecified atom stereocenters. The van der Waals surface area contributed by atoms with Crippen LogP contribution >= 0.6 is 12.4 Å². The fraction of sp³-hybridized carbons (Fsp3) is 0.917. The third-order valence-electron chi connectivity index (χ3n) is 14.8. The van der Waals surface area contributed by atoms with Crippen LogP contribution in [0.3, 0.4) is 0 Å². The van der Waals surface area contributed by atoms with Gasteiger partial charge in [-0.15, -0.1) is 12.4 Å². The first-order chi connectivity index (χ1) is 19.2. The van der Waals surface area contributed by atoms with Crippen molar-refractivity contribution in [3.05, 3.63) is 11.6 Å². The number of nitrogens with one attached hydrogen (secondary N) is 1. The van der Waals surface area contributed by atoms with E-state index in [4.69, 9.17) is 0 Å². The van der Waals surface area contributed by atoms with Crippen LogP contribution in [0.15, 0.2) is 11.6 Å². The van der Waals surface area contributed by atoms with E-state index < -0.39 is 11.5 Å². The number of likely N-dealkylation sites (N-methyl/N-ethyl adjacent to an activating group) is 1. The van der Waals surface area contributed by atoms with Crippen molar-refractivity contribution in [2.75, 3.05) is 32.8 Å². The predicted molar refractivity (Wildman–Crippen MR) is 175 cm³/mol. The summed E-state index contributed by atoms with van der Waals surface area (Å²) >= 11 is 0. The lowest BCUT2D eigenvalue weighted by Crippen LogP contribution is -2.66. The number of carbonyl (C=O) groups is 1. The molecule has 0 aromatic carbocycles. The highest BCUT2D eigenvalue weighted by Crippen LogP contribution is 2.75. The molecular weight excluding hydrogens is 544 g/mol. The second kappa shape index (κ2) is 11.6. The van der Waals surface area contributed by atoms with E-state index in [0.717, 1.165) is 90.4 Å². The zero-order valence-electron chi connectivity index (χ0n) is 28.2. The van der Waals surface area contributed by atoms with Crippen molar-refractivity contribution in [1.29, 1.82) is 0 Å². The van der Waals surface area contributed by atoms with Crippen molar-refractivity contribution in [2.45, 2.75) is 126 Å². The van der Waals surface area contributed by atoms with Gasteiger partial charge in [0.2, 0.25) is 5.91 Å². The summed E-state index contributed by atoms with van der Waals surface area (Å²) in [5.74, 6) is 1.51. The molecule has 0 bridgehead atoms. The Labute approximate surface area is 263 Å². The summed E-state index contributed by atoms with van der Waals surface area (Å²) in [4.78, 5) is 16.6. The molecule has 0 radical (unpaired) electrons. The smallest absolute Gasteiger partial charge is 0.226 e. The van der Waals surface area contributed by atoms with Gasteiger partial charge < -0.3 is 20.4 Å². The molecule has 0 aromatic rings. The number of hydrogen-bond donors (Lipinski definition) is 3. The molecular formula is C36H63ClN2O3. The van der Waals surface area contributed by atoms with Crippen LogP contribution < -0.4 is 5.32 Å². The lowest BCUT2D eigenvalue weighted by atomic mass is 9.33. The average Bonchev–Trinajstić information content (AvgIpc) is 2.93. The Morgan fingerprint density at radius 2 is 1.62 bits per heavy atom. The highest BCUT2D eigenvalue weighted by atomic mass is 35.5. The minimum absolute atomic E-state index is 0. The molecule has 1 amide bonds. The molecule has 9 atom stereocenters. The molecule has 5 nitrogen and oxygen atoms in total. The van der Waals surface area contributed by atoms with Crippen molar-refractivity contribution in [3.63, 3.8) is 0 Å². The monoisotopic (exact) mass is 606 g/mol. The van der Waals surface area contributed by atoms with E-state index >= 15 is 0 Å². The van der Waals surface area contributed by atoms with Crippen LogP contribution in [0, 0.1) is 50.2 Å². The summed E-state index contributed by atoms with van der Waals surface area (Å²) in [5.41, 5.74) is 1.51. The van der Waals surface area contributed by atoms with E-state index in [1.54, 1.807) is 5.57 Å². The molecule has 0 aliphatic heterocycles. The van der Waals surface area contributed by atoms with Crippen molar-refractivity contribution >= 4 is 18.3 Å². The first kappa shape index (κ1) is 34.3. The van der Waals surface area contributed by atoms with Gasteiger partial charge in [-0.2, -0.15) is 0 Å². The summed E-state index contributed by atoms with van der Waals surface area (Å²) in [6.45, 7) is 22.8. The number of nitrogens with zero attached hydrogens (tertiary/aromatic N) is 1. The van der Waals surface area contributed by atoms with Crippen LogP contribution in [0.2, 0.25) is 0 Å². The van der Waals surface area contributed by atoms with E-state index in [0.29, 0.717) is 23.7 Å². The largest absolute Gasteiger partial charge is 0.396 e. The lowest BCUT2D eigenvalue weighted by Gasteiger charge is -2.71. The summed E-state index contributed by atoms with van der Waals surface area (Å²) < 4.78 is 0. The molecule has 5 aliphatic carbocycles. The number of rotatable bonds is 7. The molecule has 6 heteroatoms. The van der Waals surface area contributed by atoms with E-state index in [1.807, 2.05) is 0 Å². The molecule has 242 valence electrons. The number of carbonyl (C=O) groups excluding carboxylic acids is 1. The zero-order valence-corrected chi connectivity index (χ0v) is 29.0. The third-order valence-corrected chi connectivity index (χ3v) is 14.8. The number of fused-ring (bicyclic) bond motifs is 7. The van der Waals surface area contributed by atoms with Gasteiger partial charge in [-0.3, -0.25) is 4.79 Å². The Morgan fingerprint density at radius 3 is 2.26 bits per heavy atom. The zero-order chi connectivity index (χ0) is 30.1. The number of allylic oxidation sites excluding steroid dienone is 2. The van der Waals surface area contributed by atoms with Crippen LogP contribution in [-0.4, -0.2) is 59.9 Å². The van der Waals surface area contributed by atoms with E-state index in [9.17, 15) is 15.0 Å². The highest BCUT2D eigenvalue weighted by molar-refractivity contribution is 5.85. The Hall–Kier alpha value is -0.620. The first-order valence-electron chi connectivity index (χ1n) is 17.2. The van der Waals surface area contributed by atoms with Gasteiger partial charge in [0, 0.05) is 18.5 Å². The lowest BCUT2D eigenvalue weighted by molar-refractivity contribution is -0.215. The summed E-state index contributed by atoms with van der Waals surface area (Å²) in [6, 6.07) is 0. The second-order valence-corrected chi connectivity index (χ2v) is 16.9. The number of aliphatic hydroxyl groups excluding tert-OH is 2. The summed E-state index contributed by atoms with van der Waals surface area (Å²) in [5, 5.41) is 25.0. The maximum atomic E-state index is 14.2. The van der Waals surface area contributed by atoms with Crippen LogP contribution in [0.25, 0.3) is 0 Å². The molecule has 0 aromatic heterocycles. The van der Waals surface area contributed by atoms with Crippen molar-refractivity contribution in [1.82, 2.24) is 10.2 Å². The SMILES string of the molecule is CCN(CC)CCNC(=O)[C@]12CCC(C)(C)C[C@@H]1C1=CC[C@@H]3[C@@]4(C)CC[C@H](O)[C@@](C)(CO)C4CC[C@@]3(C)[C@]1(C)CC2.Cl.